The Morgan fingerprint density at radius 3 is 2.51 bits per heavy atom. The molecule has 6 rings (SSSR count). The number of halogens is 1. The topological polar surface area (TPSA) is 105 Å². The molecular formula is C38H46ClN3O6S. The van der Waals surface area contributed by atoms with E-state index in [0.717, 1.165) is 80.7 Å². The molecule has 2 bridgehead atoms. The van der Waals surface area contributed by atoms with E-state index in [1.807, 2.05) is 47.4 Å². The van der Waals surface area contributed by atoms with Crippen LogP contribution >= 0.6 is 11.6 Å². The number of nitrogens with one attached hydrogen (secondary N) is 1. The second kappa shape index (κ2) is 15.4. The van der Waals surface area contributed by atoms with E-state index in [2.05, 4.69) is 9.62 Å². The third kappa shape index (κ3) is 8.35. The first kappa shape index (κ1) is 35.1. The quantitative estimate of drug-likeness (QED) is 0.308. The van der Waals surface area contributed by atoms with Crippen molar-refractivity contribution in [2.45, 2.75) is 77.4 Å². The average molecular weight is 708 g/mol. The Kier molecular flexibility index (Phi) is 11.0. The number of benzene rings is 3. The molecule has 9 nitrogen and oxygen atoms in total. The van der Waals surface area contributed by atoms with E-state index in [4.69, 9.17) is 21.1 Å². The van der Waals surface area contributed by atoms with Crippen molar-refractivity contribution in [3.63, 3.8) is 0 Å². The summed E-state index contributed by atoms with van der Waals surface area (Å²) in [5, 5.41) is 0.699. The highest BCUT2D eigenvalue weighted by molar-refractivity contribution is 7.90. The van der Waals surface area contributed by atoms with Gasteiger partial charge in [0.25, 0.3) is 5.91 Å². The van der Waals surface area contributed by atoms with Gasteiger partial charge in [0, 0.05) is 42.3 Å². The van der Waals surface area contributed by atoms with E-state index in [-0.39, 0.29) is 29.2 Å². The van der Waals surface area contributed by atoms with Crippen molar-refractivity contribution in [2.24, 2.45) is 11.8 Å². The number of fused-ring (bicyclic) bond motifs is 3. The Morgan fingerprint density at radius 2 is 1.78 bits per heavy atom. The summed E-state index contributed by atoms with van der Waals surface area (Å²) in [5.41, 5.74) is 4.11. The van der Waals surface area contributed by atoms with Gasteiger partial charge < -0.3 is 19.3 Å². The van der Waals surface area contributed by atoms with Crippen LogP contribution in [-0.2, 0) is 27.8 Å². The van der Waals surface area contributed by atoms with Gasteiger partial charge in [-0.15, -0.1) is 0 Å². The monoisotopic (exact) mass is 707 g/mol. The summed E-state index contributed by atoms with van der Waals surface area (Å²) in [6, 6.07) is 18.7. The molecule has 2 amide bonds. The van der Waals surface area contributed by atoms with Gasteiger partial charge in [-0.3, -0.25) is 9.59 Å². The summed E-state index contributed by atoms with van der Waals surface area (Å²) in [4.78, 5) is 31.0. The predicted octanol–water partition coefficient (Wildman–Crippen LogP) is 7.15. The van der Waals surface area contributed by atoms with Gasteiger partial charge in [0.1, 0.15) is 18.1 Å². The van der Waals surface area contributed by atoms with Crippen molar-refractivity contribution in [1.82, 2.24) is 4.72 Å². The van der Waals surface area contributed by atoms with Crippen LogP contribution in [-0.4, -0.2) is 52.2 Å². The van der Waals surface area contributed by atoms with Crippen LogP contribution in [0.2, 0.25) is 5.02 Å². The molecule has 3 aliphatic rings. The van der Waals surface area contributed by atoms with Crippen LogP contribution in [0.5, 0.6) is 11.5 Å². The molecule has 2 aliphatic heterocycles. The number of sulfonamides is 1. The lowest BCUT2D eigenvalue weighted by molar-refractivity contribution is -0.117. The number of aryl methyl sites for hydroxylation is 1. The summed E-state index contributed by atoms with van der Waals surface area (Å²) in [6.45, 7) is 3.43. The number of ether oxygens (including phenoxy) is 2. The Morgan fingerprint density at radius 1 is 0.959 bits per heavy atom. The standard InChI is InChI=1S/C38H46ClN3O6S/c1-26(43)42(32-14-16-33(47-2)17-15-32)35-9-4-3-7-21-49(45,46)40-38(44)28-12-19-37-36(23-28)41(24-29-11-18-34(29)35)20-6-5-8-27-22-31(39)13-10-30(27)25-48-37/h10,12-17,19,22-23,29,34-35H,3-9,11,18,20-21,24-25H2,1-2H3,(H,40,44)/t29-,34+,35-/m0/s1. The van der Waals surface area contributed by atoms with Crippen LogP contribution in [0.3, 0.4) is 0 Å². The van der Waals surface area contributed by atoms with Crippen molar-refractivity contribution in [3.05, 3.63) is 82.4 Å². The van der Waals surface area contributed by atoms with Gasteiger partial charge in [0.15, 0.2) is 0 Å². The number of methoxy groups -OCH3 is 1. The van der Waals surface area contributed by atoms with E-state index in [1.165, 1.54) is 5.56 Å². The zero-order valence-electron chi connectivity index (χ0n) is 28.3. The van der Waals surface area contributed by atoms with Gasteiger partial charge in [0.2, 0.25) is 15.9 Å². The van der Waals surface area contributed by atoms with Gasteiger partial charge in [-0.2, -0.15) is 0 Å². The highest BCUT2D eigenvalue weighted by atomic mass is 35.5. The second-order valence-electron chi connectivity index (χ2n) is 13.5. The molecule has 3 atom stereocenters. The first-order valence-electron chi connectivity index (χ1n) is 17.4. The van der Waals surface area contributed by atoms with Crippen LogP contribution in [0.25, 0.3) is 0 Å². The third-order valence-corrected chi connectivity index (χ3v) is 11.9. The minimum Gasteiger partial charge on any atom is -0.497 e. The molecule has 3 aromatic carbocycles. The highest BCUT2D eigenvalue weighted by Gasteiger charge is 2.42. The number of carbonyl (C=O) groups excluding carboxylic acids is 2. The van der Waals surface area contributed by atoms with Crippen molar-refractivity contribution >= 4 is 44.8 Å². The molecular weight excluding hydrogens is 662 g/mol. The van der Waals surface area contributed by atoms with E-state index in [0.29, 0.717) is 36.1 Å². The molecule has 0 radical (unpaired) electrons. The van der Waals surface area contributed by atoms with E-state index >= 15 is 0 Å². The maximum atomic E-state index is 13.4. The van der Waals surface area contributed by atoms with Gasteiger partial charge in [-0.25, -0.2) is 13.1 Å². The molecule has 0 unspecified atom stereocenters. The van der Waals surface area contributed by atoms with Crippen molar-refractivity contribution in [2.75, 3.05) is 35.8 Å². The number of carbonyl (C=O) groups is 2. The minimum atomic E-state index is -3.84. The first-order valence-corrected chi connectivity index (χ1v) is 19.4. The molecule has 49 heavy (non-hydrogen) atoms. The molecule has 0 saturated heterocycles. The Hall–Kier alpha value is -3.76. The molecule has 262 valence electrons. The molecule has 1 fully saturated rings. The molecule has 1 N–H and O–H groups in total. The van der Waals surface area contributed by atoms with Crippen LogP contribution in [0.1, 0.15) is 79.8 Å². The zero-order valence-corrected chi connectivity index (χ0v) is 29.9. The summed E-state index contributed by atoms with van der Waals surface area (Å²) in [5.74, 6) is 1.13. The van der Waals surface area contributed by atoms with Crippen LogP contribution in [0, 0.1) is 11.8 Å². The SMILES string of the molecule is COc1ccc(N(C(C)=O)[C@H]2CCCCCS(=O)(=O)NC(=O)c3ccc4c(c3)N(CCCCc3cc(Cl)ccc3CO4)C[C@@H]3CC[C@H]32)cc1. The van der Waals surface area contributed by atoms with Gasteiger partial charge in [0.05, 0.1) is 18.6 Å². The summed E-state index contributed by atoms with van der Waals surface area (Å²) in [6.07, 6.45) is 7.37. The lowest BCUT2D eigenvalue weighted by Gasteiger charge is -2.48. The van der Waals surface area contributed by atoms with Gasteiger partial charge in [-0.05, 0) is 123 Å². The van der Waals surface area contributed by atoms with Crippen LogP contribution in [0.4, 0.5) is 11.4 Å². The molecule has 1 aliphatic carbocycles. The highest BCUT2D eigenvalue weighted by Crippen LogP contribution is 2.44. The normalized spacial score (nSPS) is 22.9. The minimum absolute atomic E-state index is 0.0150. The van der Waals surface area contributed by atoms with Gasteiger partial charge >= 0.3 is 0 Å². The molecule has 11 heteroatoms. The number of hydrogen-bond donors (Lipinski definition) is 1. The summed E-state index contributed by atoms with van der Waals surface area (Å²) >= 11 is 6.36. The number of amides is 2. The Labute approximate surface area is 295 Å². The average Bonchev–Trinajstić information content (AvgIpc) is 3.09. The van der Waals surface area contributed by atoms with E-state index < -0.39 is 15.9 Å². The predicted molar refractivity (Wildman–Crippen MR) is 193 cm³/mol. The van der Waals surface area contributed by atoms with E-state index in [9.17, 15) is 18.0 Å². The van der Waals surface area contributed by atoms with Gasteiger partial charge in [-0.1, -0.05) is 30.5 Å². The molecule has 0 aromatic heterocycles. The lowest BCUT2D eigenvalue weighted by Crippen LogP contribution is -2.52. The fraction of sp³-hybridized carbons (Fsp3) is 0.474. The largest absolute Gasteiger partial charge is 0.497 e. The first-order chi connectivity index (χ1) is 23.6. The smallest absolute Gasteiger partial charge is 0.264 e. The Balaban J connectivity index is 1.38. The molecule has 1 saturated carbocycles. The van der Waals surface area contributed by atoms with E-state index in [1.54, 1.807) is 32.2 Å². The number of anilines is 2. The number of hydrogen-bond acceptors (Lipinski definition) is 7. The fourth-order valence-electron chi connectivity index (χ4n) is 7.65. The molecule has 0 spiro atoms. The van der Waals surface area contributed by atoms with Crippen LogP contribution < -0.4 is 24.0 Å². The zero-order chi connectivity index (χ0) is 34.5. The second-order valence-corrected chi connectivity index (χ2v) is 15.8. The summed E-state index contributed by atoms with van der Waals surface area (Å²) in [7, 11) is -2.21. The fourth-order valence-corrected chi connectivity index (χ4v) is 8.93. The maximum Gasteiger partial charge on any atom is 0.264 e. The molecule has 2 heterocycles. The van der Waals surface area contributed by atoms with Crippen molar-refractivity contribution < 1.29 is 27.5 Å². The van der Waals surface area contributed by atoms with Crippen molar-refractivity contribution in [1.29, 1.82) is 0 Å². The Bertz CT molecular complexity index is 1770. The maximum absolute atomic E-state index is 13.4. The van der Waals surface area contributed by atoms with Crippen LogP contribution in [0.15, 0.2) is 60.7 Å². The lowest BCUT2D eigenvalue weighted by atomic mass is 9.67. The number of nitrogens with zero attached hydrogens (tertiary/aromatic N) is 2. The van der Waals surface area contributed by atoms with Crippen molar-refractivity contribution in [3.8, 4) is 11.5 Å². The number of rotatable bonds is 3. The molecule has 3 aromatic rings. The summed E-state index contributed by atoms with van der Waals surface area (Å²) < 4.78 is 40.1. The third-order valence-electron chi connectivity index (χ3n) is 10.3.